The number of hydrogen-bond donors (Lipinski definition) is 1. The smallest absolute Gasteiger partial charge is 0.338 e. The van der Waals surface area contributed by atoms with E-state index in [9.17, 15) is 4.79 Å². The van der Waals surface area contributed by atoms with Crippen molar-refractivity contribution in [3.8, 4) is 0 Å². The molecule has 0 atom stereocenters. The topological polar surface area (TPSA) is 38.3 Å². The Morgan fingerprint density at radius 2 is 2.11 bits per heavy atom. The first-order valence-corrected chi connectivity index (χ1v) is 7.42. The van der Waals surface area contributed by atoms with Crippen LogP contribution in [0.25, 0.3) is 6.08 Å². The fraction of sp³-hybridized carbons (Fsp3) is 0.400. The molecule has 2 aliphatic heterocycles. The Hall–Kier alpha value is -1.13. The average molecular weight is 322 g/mol. The lowest BCUT2D eigenvalue weighted by atomic mass is 9.96. The molecule has 0 spiro atoms. The van der Waals surface area contributed by atoms with E-state index in [1.165, 1.54) is 12.8 Å². The number of allylic oxidation sites excluding steroid dienone is 1. The maximum Gasteiger partial charge on any atom is 0.338 e. The van der Waals surface area contributed by atoms with Gasteiger partial charge in [-0.15, -0.1) is 0 Å². The molecule has 100 valence electrons. The van der Waals surface area contributed by atoms with Crippen molar-refractivity contribution in [3.63, 3.8) is 0 Å². The van der Waals surface area contributed by atoms with Crippen molar-refractivity contribution in [2.24, 2.45) is 5.92 Å². The predicted octanol–water partition coefficient (Wildman–Crippen LogP) is 3.13. The van der Waals surface area contributed by atoms with Crippen LogP contribution in [0.2, 0.25) is 0 Å². The van der Waals surface area contributed by atoms with Crippen molar-refractivity contribution in [3.05, 3.63) is 39.4 Å². The third kappa shape index (κ3) is 2.60. The zero-order valence-electron chi connectivity index (χ0n) is 10.6. The average Bonchev–Trinajstić information content (AvgIpc) is 2.82. The van der Waals surface area contributed by atoms with Crippen LogP contribution in [0.1, 0.15) is 34.3 Å². The summed E-state index contributed by atoms with van der Waals surface area (Å²) in [5, 5.41) is 3.37. The molecule has 0 amide bonds. The van der Waals surface area contributed by atoms with E-state index < -0.39 is 0 Å². The molecule has 2 heterocycles. The minimum absolute atomic E-state index is 0.218. The van der Waals surface area contributed by atoms with Gasteiger partial charge < -0.3 is 10.1 Å². The van der Waals surface area contributed by atoms with Crippen LogP contribution in [0.3, 0.4) is 0 Å². The third-order valence-corrected chi connectivity index (χ3v) is 4.71. The van der Waals surface area contributed by atoms with Gasteiger partial charge in [-0.05, 0) is 59.4 Å². The molecule has 0 saturated carbocycles. The minimum atomic E-state index is -0.218. The van der Waals surface area contributed by atoms with Gasteiger partial charge in [-0.25, -0.2) is 4.79 Å². The van der Waals surface area contributed by atoms with Crippen LogP contribution in [-0.2, 0) is 11.3 Å². The van der Waals surface area contributed by atoms with E-state index in [1.807, 2.05) is 12.1 Å². The highest BCUT2D eigenvalue weighted by molar-refractivity contribution is 9.10. The first-order chi connectivity index (χ1) is 9.25. The number of hydrogen-bond acceptors (Lipinski definition) is 3. The molecule has 0 radical (unpaired) electrons. The molecule has 1 saturated heterocycles. The Balaban J connectivity index is 1.82. The van der Waals surface area contributed by atoms with Gasteiger partial charge in [0.1, 0.15) is 6.61 Å². The van der Waals surface area contributed by atoms with Crippen LogP contribution in [0, 0.1) is 5.92 Å². The second kappa shape index (κ2) is 5.47. The standard InChI is InChI=1S/C15H16BrNO2/c16-14-11(2-1-10-5-7-17-8-6-10)3-4-12-13(14)9-19-15(12)18/h1-4,10,17H,5-9H2/b2-1+. The summed E-state index contributed by atoms with van der Waals surface area (Å²) in [4.78, 5) is 11.5. The van der Waals surface area contributed by atoms with E-state index in [1.54, 1.807) is 0 Å². The summed E-state index contributed by atoms with van der Waals surface area (Å²) >= 11 is 3.59. The number of ether oxygens (including phenoxy) is 1. The van der Waals surface area contributed by atoms with Crippen LogP contribution in [-0.4, -0.2) is 19.1 Å². The number of esters is 1. The highest BCUT2D eigenvalue weighted by Gasteiger charge is 2.24. The minimum Gasteiger partial charge on any atom is -0.457 e. The molecule has 0 aromatic heterocycles. The van der Waals surface area contributed by atoms with Crippen LogP contribution in [0.15, 0.2) is 22.7 Å². The summed E-state index contributed by atoms with van der Waals surface area (Å²) in [5.41, 5.74) is 2.78. The Bertz CT molecular complexity index is 533. The van der Waals surface area contributed by atoms with Gasteiger partial charge in [0.2, 0.25) is 0 Å². The molecule has 1 N–H and O–H groups in total. The van der Waals surface area contributed by atoms with E-state index in [-0.39, 0.29) is 5.97 Å². The molecule has 2 aliphatic rings. The third-order valence-electron chi connectivity index (χ3n) is 3.77. The number of nitrogens with one attached hydrogen (secondary N) is 1. The van der Waals surface area contributed by atoms with Crippen LogP contribution >= 0.6 is 15.9 Å². The second-order valence-corrected chi connectivity index (χ2v) is 5.81. The maximum atomic E-state index is 11.5. The lowest BCUT2D eigenvalue weighted by Gasteiger charge is -2.19. The molecule has 3 nitrogen and oxygen atoms in total. The van der Waals surface area contributed by atoms with Gasteiger partial charge in [-0.3, -0.25) is 0 Å². The Labute approximate surface area is 121 Å². The summed E-state index contributed by atoms with van der Waals surface area (Å²) in [7, 11) is 0. The monoisotopic (exact) mass is 321 g/mol. The van der Waals surface area contributed by atoms with Crippen molar-refractivity contribution >= 4 is 28.0 Å². The number of carbonyl (C=O) groups is 1. The quantitative estimate of drug-likeness (QED) is 0.850. The molecular formula is C15H16BrNO2. The van der Waals surface area contributed by atoms with Gasteiger partial charge in [-0.2, -0.15) is 0 Å². The van der Waals surface area contributed by atoms with Crippen molar-refractivity contribution in [1.82, 2.24) is 5.32 Å². The summed E-state index contributed by atoms with van der Waals surface area (Å²) in [6, 6.07) is 3.84. The number of cyclic esters (lactones) is 1. The number of carbonyl (C=O) groups excluding carboxylic acids is 1. The van der Waals surface area contributed by atoms with E-state index in [0.717, 1.165) is 28.7 Å². The van der Waals surface area contributed by atoms with Crippen molar-refractivity contribution in [1.29, 1.82) is 0 Å². The first kappa shape index (κ1) is 12.9. The predicted molar refractivity (Wildman–Crippen MR) is 77.9 cm³/mol. The van der Waals surface area contributed by atoms with Crippen LogP contribution in [0.5, 0.6) is 0 Å². The summed E-state index contributed by atoms with van der Waals surface area (Å²) in [6.45, 7) is 2.58. The molecular weight excluding hydrogens is 306 g/mol. The van der Waals surface area contributed by atoms with Gasteiger partial charge in [0.05, 0.1) is 5.56 Å². The number of benzene rings is 1. The van der Waals surface area contributed by atoms with E-state index in [4.69, 9.17) is 4.74 Å². The SMILES string of the molecule is O=C1OCc2c1ccc(/C=C/C1CCNCC1)c2Br. The van der Waals surface area contributed by atoms with Crippen molar-refractivity contribution in [2.45, 2.75) is 19.4 Å². The fourth-order valence-corrected chi connectivity index (χ4v) is 3.18. The molecule has 1 fully saturated rings. The van der Waals surface area contributed by atoms with Gasteiger partial charge in [0, 0.05) is 10.0 Å². The summed E-state index contributed by atoms with van der Waals surface area (Å²) in [6.07, 6.45) is 6.83. The number of halogens is 1. The van der Waals surface area contributed by atoms with Crippen molar-refractivity contribution in [2.75, 3.05) is 13.1 Å². The number of piperidine rings is 1. The molecule has 1 aromatic carbocycles. The van der Waals surface area contributed by atoms with Crippen molar-refractivity contribution < 1.29 is 9.53 Å². The highest BCUT2D eigenvalue weighted by Crippen LogP contribution is 2.31. The largest absolute Gasteiger partial charge is 0.457 e. The zero-order chi connectivity index (χ0) is 13.2. The first-order valence-electron chi connectivity index (χ1n) is 6.63. The lowest BCUT2D eigenvalue weighted by molar-refractivity contribution is 0.0535. The number of rotatable bonds is 2. The number of fused-ring (bicyclic) bond motifs is 1. The zero-order valence-corrected chi connectivity index (χ0v) is 12.2. The van der Waals surface area contributed by atoms with Gasteiger partial charge in [0.15, 0.2) is 0 Å². The molecule has 0 unspecified atom stereocenters. The second-order valence-electron chi connectivity index (χ2n) is 5.02. The molecule has 19 heavy (non-hydrogen) atoms. The Morgan fingerprint density at radius 1 is 1.32 bits per heavy atom. The van der Waals surface area contributed by atoms with Crippen LogP contribution in [0.4, 0.5) is 0 Å². The molecule has 0 bridgehead atoms. The molecule has 1 aromatic rings. The molecule has 0 aliphatic carbocycles. The molecule has 3 rings (SSSR count). The van der Waals surface area contributed by atoms with E-state index >= 15 is 0 Å². The van der Waals surface area contributed by atoms with E-state index in [2.05, 4.69) is 33.4 Å². The highest BCUT2D eigenvalue weighted by atomic mass is 79.9. The van der Waals surface area contributed by atoms with E-state index in [0.29, 0.717) is 18.1 Å². The Morgan fingerprint density at radius 3 is 2.89 bits per heavy atom. The normalized spacial score (nSPS) is 19.7. The van der Waals surface area contributed by atoms with Gasteiger partial charge in [-0.1, -0.05) is 18.2 Å². The summed E-state index contributed by atoms with van der Waals surface area (Å²) < 4.78 is 6.04. The molecule has 4 heteroatoms. The van der Waals surface area contributed by atoms with Crippen LogP contribution < -0.4 is 5.32 Å². The van der Waals surface area contributed by atoms with Gasteiger partial charge in [0.25, 0.3) is 0 Å². The maximum absolute atomic E-state index is 11.5. The van der Waals surface area contributed by atoms with Gasteiger partial charge >= 0.3 is 5.97 Å². The fourth-order valence-electron chi connectivity index (χ4n) is 2.59. The lowest BCUT2D eigenvalue weighted by Crippen LogP contribution is -2.26. The Kier molecular flexibility index (Phi) is 3.71. The summed E-state index contributed by atoms with van der Waals surface area (Å²) in [5.74, 6) is 0.434.